The number of nitrogens with zero attached hydrogens (tertiary/aromatic N) is 3. The van der Waals surface area contributed by atoms with E-state index in [1.807, 2.05) is 11.5 Å². The SMILES string of the molecule is Cc1nnc(C(C)C(=O)O)n1C1CC1. The van der Waals surface area contributed by atoms with Crippen LogP contribution in [0.15, 0.2) is 0 Å². The molecular formula is C9H13N3O2. The van der Waals surface area contributed by atoms with Gasteiger partial charge in [0.25, 0.3) is 0 Å². The van der Waals surface area contributed by atoms with Crippen LogP contribution in [0, 0.1) is 6.92 Å². The maximum Gasteiger partial charge on any atom is 0.313 e. The van der Waals surface area contributed by atoms with Crippen LogP contribution in [-0.4, -0.2) is 25.8 Å². The van der Waals surface area contributed by atoms with Gasteiger partial charge in [0.15, 0.2) is 0 Å². The van der Waals surface area contributed by atoms with Gasteiger partial charge in [-0.15, -0.1) is 10.2 Å². The van der Waals surface area contributed by atoms with E-state index in [1.165, 1.54) is 0 Å². The topological polar surface area (TPSA) is 68.0 Å². The molecule has 1 N–H and O–H groups in total. The van der Waals surface area contributed by atoms with E-state index in [9.17, 15) is 4.79 Å². The number of aryl methyl sites for hydroxylation is 1. The molecule has 1 atom stereocenters. The number of rotatable bonds is 3. The van der Waals surface area contributed by atoms with E-state index in [1.54, 1.807) is 6.92 Å². The number of aliphatic carboxylic acids is 1. The average molecular weight is 195 g/mol. The highest BCUT2D eigenvalue weighted by Gasteiger charge is 2.31. The van der Waals surface area contributed by atoms with Crippen LogP contribution in [0.4, 0.5) is 0 Å². The van der Waals surface area contributed by atoms with Crippen LogP contribution < -0.4 is 0 Å². The molecule has 5 heteroatoms. The molecule has 0 aromatic carbocycles. The second-order valence-electron chi connectivity index (χ2n) is 3.77. The summed E-state index contributed by atoms with van der Waals surface area (Å²) in [5, 5.41) is 16.8. The van der Waals surface area contributed by atoms with E-state index in [0.29, 0.717) is 11.9 Å². The number of carboxylic acid groups (broad SMARTS) is 1. The van der Waals surface area contributed by atoms with Gasteiger partial charge in [-0.1, -0.05) is 0 Å². The van der Waals surface area contributed by atoms with Crippen LogP contribution in [0.2, 0.25) is 0 Å². The second-order valence-corrected chi connectivity index (χ2v) is 3.77. The lowest BCUT2D eigenvalue weighted by Gasteiger charge is -2.09. The van der Waals surface area contributed by atoms with Crippen LogP contribution in [0.3, 0.4) is 0 Å². The van der Waals surface area contributed by atoms with Crippen LogP contribution in [0.5, 0.6) is 0 Å². The van der Waals surface area contributed by atoms with E-state index in [2.05, 4.69) is 10.2 Å². The van der Waals surface area contributed by atoms with Gasteiger partial charge in [-0.25, -0.2) is 0 Å². The number of carboxylic acids is 1. The molecule has 1 aliphatic rings. The number of hydrogen-bond donors (Lipinski definition) is 1. The molecule has 1 aromatic heterocycles. The molecule has 0 aliphatic heterocycles. The van der Waals surface area contributed by atoms with E-state index < -0.39 is 11.9 Å². The first-order chi connectivity index (χ1) is 6.61. The van der Waals surface area contributed by atoms with Crippen molar-refractivity contribution in [2.24, 2.45) is 0 Å². The lowest BCUT2D eigenvalue weighted by molar-refractivity contribution is -0.138. The number of carbonyl (C=O) groups is 1. The molecule has 1 unspecified atom stereocenters. The Hall–Kier alpha value is -1.39. The zero-order valence-electron chi connectivity index (χ0n) is 8.27. The summed E-state index contributed by atoms with van der Waals surface area (Å²) >= 11 is 0. The van der Waals surface area contributed by atoms with Crippen molar-refractivity contribution in [3.63, 3.8) is 0 Å². The first-order valence-electron chi connectivity index (χ1n) is 4.75. The third kappa shape index (κ3) is 1.38. The van der Waals surface area contributed by atoms with Gasteiger partial charge in [0.2, 0.25) is 0 Å². The number of aromatic nitrogens is 3. The normalized spacial score (nSPS) is 18.1. The minimum absolute atomic E-state index is 0.432. The van der Waals surface area contributed by atoms with Crippen LogP contribution >= 0.6 is 0 Å². The molecule has 0 amide bonds. The Morgan fingerprint density at radius 2 is 2.21 bits per heavy atom. The van der Waals surface area contributed by atoms with E-state index in [-0.39, 0.29) is 0 Å². The molecule has 5 nitrogen and oxygen atoms in total. The molecule has 0 spiro atoms. The molecule has 0 bridgehead atoms. The Labute approximate surface area is 81.8 Å². The van der Waals surface area contributed by atoms with Crippen molar-refractivity contribution in [3.05, 3.63) is 11.6 Å². The Balaban J connectivity index is 2.37. The van der Waals surface area contributed by atoms with Gasteiger partial charge in [0.05, 0.1) is 0 Å². The summed E-state index contributed by atoms with van der Waals surface area (Å²) in [6.45, 7) is 3.51. The van der Waals surface area contributed by atoms with Crippen LogP contribution in [0.25, 0.3) is 0 Å². The molecule has 76 valence electrons. The fourth-order valence-electron chi connectivity index (χ4n) is 1.58. The Kier molecular flexibility index (Phi) is 2.02. The quantitative estimate of drug-likeness (QED) is 0.784. The average Bonchev–Trinajstić information content (AvgIpc) is 2.89. The van der Waals surface area contributed by atoms with E-state index >= 15 is 0 Å². The molecule has 1 fully saturated rings. The van der Waals surface area contributed by atoms with Gasteiger partial charge in [0.1, 0.15) is 17.6 Å². The molecular weight excluding hydrogens is 182 g/mol. The fourth-order valence-corrected chi connectivity index (χ4v) is 1.58. The van der Waals surface area contributed by atoms with Crippen molar-refractivity contribution >= 4 is 5.97 Å². The van der Waals surface area contributed by atoms with Crippen LogP contribution in [0.1, 0.15) is 43.4 Å². The summed E-state index contributed by atoms with van der Waals surface area (Å²) in [5.74, 6) is -0.0239. The van der Waals surface area contributed by atoms with Gasteiger partial charge in [-0.05, 0) is 26.7 Å². The largest absolute Gasteiger partial charge is 0.481 e. The first kappa shape index (κ1) is 9.18. The Morgan fingerprint density at radius 1 is 1.57 bits per heavy atom. The zero-order chi connectivity index (χ0) is 10.3. The minimum atomic E-state index is -0.848. The highest BCUT2D eigenvalue weighted by molar-refractivity contribution is 5.74. The van der Waals surface area contributed by atoms with Crippen molar-refractivity contribution in [2.45, 2.75) is 38.6 Å². The lowest BCUT2D eigenvalue weighted by Crippen LogP contribution is -2.14. The monoisotopic (exact) mass is 195 g/mol. The predicted molar refractivity (Wildman–Crippen MR) is 49.1 cm³/mol. The maximum atomic E-state index is 10.8. The molecule has 0 saturated heterocycles. The standard InChI is InChI=1S/C9H13N3O2/c1-5(9(13)14)8-11-10-6(2)12(8)7-3-4-7/h5,7H,3-4H2,1-2H3,(H,13,14). The number of hydrogen-bond acceptors (Lipinski definition) is 3. The third-order valence-corrected chi connectivity index (χ3v) is 2.56. The predicted octanol–water partition coefficient (Wildman–Crippen LogP) is 1.11. The summed E-state index contributed by atoms with van der Waals surface area (Å²) in [5.41, 5.74) is 0. The second kappa shape index (κ2) is 3.08. The zero-order valence-corrected chi connectivity index (χ0v) is 8.27. The third-order valence-electron chi connectivity index (χ3n) is 2.56. The van der Waals surface area contributed by atoms with Gasteiger partial charge in [-0.2, -0.15) is 0 Å². The van der Waals surface area contributed by atoms with Crippen molar-refractivity contribution < 1.29 is 9.90 Å². The van der Waals surface area contributed by atoms with E-state index in [0.717, 1.165) is 18.7 Å². The molecule has 0 radical (unpaired) electrons. The fraction of sp³-hybridized carbons (Fsp3) is 0.667. The highest BCUT2D eigenvalue weighted by Crippen LogP contribution is 2.37. The van der Waals surface area contributed by atoms with Gasteiger partial charge in [-0.3, -0.25) is 4.79 Å². The lowest BCUT2D eigenvalue weighted by atomic mass is 10.1. The minimum Gasteiger partial charge on any atom is -0.481 e. The molecule has 1 aliphatic carbocycles. The van der Waals surface area contributed by atoms with Crippen molar-refractivity contribution in [2.75, 3.05) is 0 Å². The van der Waals surface area contributed by atoms with Gasteiger partial charge in [0, 0.05) is 6.04 Å². The maximum absolute atomic E-state index is 10.8. The Morgan fingerprint density at radius 3 is 2.71 bits per heavy atom. The van der Waals surface area contributed by atoms with E-state index in [4.69, 9.17) is 5.11 Å². The Bertz CT molecular complexity index is 368. The summed E-state index contributed by atoms with van der Waals surface area (Å²) in [6.07, 6.45) is 2.22. The highest BCUT2D eigenvalue weighted by atomic mass is 16.4. The summed E-state index contributed by atoms with van der Waals surface area (Å²) in [7, 11) is 0. The molecule has 14 heavy (non-hydrogen) atoms. The van der Waals surface area contributed by atoms with Crippen molar-refractivity contribution in [3.8, 4) is 0 Å². The van der Waals surface area contributed by atoms with Crippen LogP contribution in [-0.2, 0) is 4.79 Å². The molecule has 2 rings (SSSR count). The van der Waals surface area contributed by atoms with Crippen molar-refractivity contribution in [1.82, 2.24) is 14.8 Å². The summed E-state index contributed by atoms with van der Waals surface area (Å²) in [6, 6.07) is 0.432. The summed E-state index contributed by atoms with van der Waals surface area (Å²) in [4.78, 5) is 10.8. The first-order valence-corrected chi connectivity index (χ1v) is 4.75. The van der Waals surface area contributed by atoms with Gasteiger partial charge < -0.3 is 9.67 Å². The molecule has 1 heterocycles. The molecule has 1 saturated carbocycles. The van der Waals surface area contributed by atoms with Crippen molar-refractivity contribution in [1.29, 1.82) is 0 Å². The van der Waals surface area contributed by atoms with Gasteiger partial charge >= 0.3 is 5.97 Å². The molecule has 1 aromatic rings. The smallest absolute Gasteiger partial charge is 0.313 e. The summed E-state index contributed by atoms with van der Waals surface area (Å²) < 4.78 is 1.96.